The lowest BCUT2D eigenvalue weighted by Crippen LogP contribution is -1.96. The second-order valence-electron chi connectivity index (χ2n) is 8.11. The molecule has 0 spiro atoms. The fraction of sp³-hybridized carbons (Fsp3) is 0. The average Bonchev–Trinajstić information content (AvgIpc) is 3.54. The first-order chi connectivity index (χ1) is 19.3. The minimum Gasteiger partial charge on any atom is -0.298 e. The highest BCUT2D eigenvalue weighted by molar-refractivity contribution is 9.28. The van der Waals surface area contributed by atoms with Gasteiger partial charge >= 0.3 is 0 Å². The smallest absolute Gasteiger partial charge is 0.167 e. The van der Waals surface area contributed by atoms with Gasteiger partial charge in [-0.3, -0.25) is 4.79 Å². The van der Waals surface area contributed by atoms with Gasteiger partial charge in [0.2, 0.25) is 0 Å². The summed E-state index contributed by atoms with van der Waals surface area (Å²) in [6.07, 6.45) is 5.45. The molecule has 6 aromatic rings. The van der Waals surface area contributed by atoms with Crippen LogP contribution in [0.2, 0.25) is 10.3 Å². The first-order valence-corrected chi connectivity index (χ1v) is 13.7. The van der Waals surface area contributed by atoms with E-state index in [1.165, 1.54) is 33.4 Å². The summed E-state index contributed by atoms with van der Waals surface area (Å²) in [5.74, 6) is -0.744. The van der Waals surface area contributed by atoms with Crippen molar-refractivity contribution in [2.45, 2.75) is 0 Å². The number of halogens is 6. The molecular weight excluding hydrogens is 693 g/mol. The Bertz CT molecular complexity index is 1920. The molecular formula is C27H14Br2Cl2F2N6O. The molecule has 0 aliphatic rings. The fourth-order valence-corrected chi connectivity index (χ4v) is 4.75. The highest BCUT2D eigenvalue weighted by Gasteiger charge is 2.14. The Morgan fingerprint density at radius 3 is 1.65 bits per heavy atom. The molecule has 2 aromatic carbocycles. The average molecular weight is 707 g/mol. The van der Waals surface area contributed by atoms with Gasteiger partial charge in [0.15, 0.2) is 17.6 Å². The van der Waals surface area contributed by atoms with Gasteiger partial charge in [0.05, 0.1) is 32.7 Å². The molecule has 0 saturated carbocycles. The quantitative estimate of drug-likeness (QED) is 0.136. The lowest BCUT2D eigenvalue weighted by molar-refractivity contribution is 0.112. The number of aromatic nitrogens is 6. The molecule has 0 N–H and O–H groups in total. The molecule has 7 nitrogen and oxygen atoms in total. The van der Waals surface area contributed by atoms with Gasteiger partial charge in [-0.25, -0.2) is 27.8 Å². The van der Waals surface area contributed by atoms with E-state index in [9.17, 15) is 13.6 Å². The summed E-state index contributed by atoms with van der Waals surface area (Å²) in [5.41, 5.74) is 3.48. The van der Waals surface area contributed by atoms with Crippen LogP contribution in [0.25, 0.3) is 39.9 Å². The Balaban J connectivity index is 0.000000162. The molecule has 4 aromatic heterocycles. The van der Waals surface area contributed by atoms with E-state index in [0.29, 0.717) is 50.8 Å². The number of carbonyl (C=O) groups is 1. The molecule has 4 heterocycles. The van der Waals surface area contributed by atoms with Crippen LogP contribution in [-0.2, 0) is 0 Å². The summed E-state index contributed by atoms with van der Waals surface area (Å²) in [6, 6.07) is 15.8. The topological polar surface area (TPSA) is 77.5 Å². The van der Waals surface area contributed by atoms with Crippen molar-refractivity contribution in [3.63, 3.8) is 0 Å². The summed E-state index contributed by atoms with van der Waals surface area (Å²) in [4.78, 5) is 19.6. The van der Waals surface area contributed by atoms with Crippen LogP contribution in [0.3, 0.4) is 0 Å². The number of hydrogen-bond donors (Lipinski definition) is 0. The van der Waals surface area contributed by atoms with Gasteiger partial charge in [-0.15, -0.1) is 0 Å². The highest BCUT2D eigenvalue weighted by Crippen LogP contribution is 2.28. The third kappa shape index (κ3) is 5.68. The molecule has 200 valence electrons. The molecule has 6 rings (SSSR count). The zero-order chi connectivity index (χ0) is 28.4. The monoisotopic (exact) mass is 704 g/mol. The van der Waals surface area contributed by atoms with Crippen molar-refractivity contribution in [2.75, 3.05) is 0 Å². The molecule has 0 aliphatic heterocycles. The number of nitrogens with zero attached hydrogens (tertiary/aromatic N) is 6. The number of carbonyl (C=O) groups excluding carboxylic acids is 1. The molecule has 0 atom stereocenters. The van der Waals surface area contributed by atoms with Crippen LogP contribution in [0.5, 0.6) is 0 Å². The van der Waals surface area contributed by atoms with Crippen molar-refractivity contribution in [1.29, 1.82) is 0 Å². The van der Waals surface area contributed by atoms with Crippen molar-refractivity contribution in [3.8, 4) is 22.5 Å². The largest absolute Gasteiger partial charge is 0.298 e. The van der Waals surface area contributed by atoms with Crippen molar-refractivity contribution < 1.29 is 13.6 Å². The first-order valence-electron chi connectivity index (χ1n) is 11.3. The van der Waals surface area contributed by atoms with Crippen LogP contribution >= 0.6 is 55.1 Å². The molecule has 0 bridgehead atoms. The number of fused-ring (bicyclic) bond motifs is 2. The summed E-state index contributed by atoms with van der Waals surface area (Å²) in [5, 5.41) is 8.74. The number of rotatable bonds is 4. The summed E-state index contributed by atoms with van der Waals surface area (Å²) in [7, 11) is 0. The Morgan fingerprint density at radius 1 is 0.750 bits per heavy atom. The van der Waals surface area contributed by atoms with Crippen LogP contribution in [0, 0.1) is 11.6 Å². The maximum absolute atomic E-state index is 13.9. The Kier molecular flexibility index (Phi) is 8.36. The van der Waals surface area contributed by atoms with E-state index in [4.69, 9.17) is 23.2 Å². The second kappa shape index (κ2) is 11.9. The number of aldehydes is 1. The Hall–Kier alpha value is -3.51. The number of hydrogen-bond acceptors (Lipinski definition) is 5. The van der Waals surface area contributed by atoms with Crippen molar-refractivity contribution in [3.05, 3.63) is 110 Å². The maximum Gasteiger partial charge on any atom is 0.167 e. The van der Waals surface area contributed by atoms with Crippen molar-refractivity contribution in [1.82, 2.24) is 29.2 Å². The van der Waals surface area contributed by atoms with E-state index in [1.807, 2.05) is 0 Å². The van der Waals surface area contributed by atoms with E-state index in [-0.39, 0.29) is 11.0 Å². The number of benzene rings is 2. The molecule has 40 heavy (non-hydrogen) atoms. The normalized spacial score (nSPS) is 10.8. The van der Waals surface area contributed by atoms with E-state index < -0.39 is 5.82 Å². The summed E-state index contributed by atoms with van der Waals surface area (Å²) < 4.78 is 31.2. The van der Waals surface area contributed by atoms with Crippen LogP contribution < -0.4 is 0 Å². The minimum atomic E-state index is -0.400. The molecule has 0 radical (unpaired) electrons. The van der Waals surface area contributed by atoms with E-state index in [0.717, 1.165) is 8.96 Å². The molecule has 13 heteroatoms. The molecule has 0 fully saturated rings. The fourth-order valence-electron chi connectivity index (χ4n) is 3.80. The van der Waals surface area contributed by atoms with Gasteiger partial charge in [0.25, 0.3) is 0 Å². The maximum atomic E-state index is 13.9. The summed E-state index contributed by atoms with van der Waals surface area (Å²) in [6.45, 7) is 0. The van der Waals surface area contributed by atoms with Gasteiger partial charge in [-0.05, 0) is 62.2 Å². The lowest BCUT2D eigenvalue weighted by atomic mass is 10.1. The highest BCUT2D eigenvalue weighted by atomic mass is 79.9. The van der Waals surface area contributed by atoms with Gasteiger partial charge in [0, 0.05) is 28.8 Å². The van der Waals surface area contributed by atoms with Gasteiger partial charge in [0.1, 0.15) is 21.9 Å². The van der Waals surface area contributed by atoms with Crippen LogP contribution in [0.15, 0.2) is 76.4 Å². The Labute approximate surface area is 252 Å². The van der Waals surface area contributed by atoms with E-state index in [2.05, 4.69) is 52.0 Å². The molecule has 0 amide bonds. The predicted octanol–water partition coefficient (Wildman–Crippen LogP) is 8.28. The van der Waals surface area contributed by atoms with Crippen LogP contribution in [0.4, 0.5) is 8.78 Å². The van der Waals surface area contributed by atoms with Crippen LogP contribution in [0.1, 0.15) is 15.9 Å². The molecule has 0 saturated heterocycles. The van der Waals surface area contributed by atoms with Gasteiger partial charge < -0.3 is 0 Å². The Morgan fingerprint density at radius 2 is 1.20 bits per heavy atom. The van der Waals surface area contributed by atoms with Gasteiger partial charge in [-0.2, -0.15) is 10.2 Å². The zero-order valence-electron chi connectivity index (χ0n) is 19.9. The lowest BCUT2D eigenvalue weighted by Gasteiger charge is -2.05. The molecule has 0 unspecified atom stereocenters. The van der Waals surface area contributed by atoms with Gasteiger partial charge in [-0.1, -0.05) is 47.5 Å². The third-order valence-electron chi connectivity index (χ3n) is 5.60. The summed E-state index contributed by atoms with van der Waals surface area (Å²) >= 11 is 18.9. The zero-order valence-corrected chi connectivity index (χ0v) is 24.6. The standard InChI is InChI=1S/C14H7Br2ClFN3.C13H7ClFN3O/c15-12(16)5-8-7-19-21-13(17)6-11(20-14(8)21)9-3-1-2-4-10(9)18;14-12-5-11(9-3-1-2-4-10(9)15)17-13-8(7-19)6-16-18(12)13/h1-7H;1-7H. The van der Waals surface area contributed by atoms with Crippen LogP contribution in [-0.4, -0.2) is 35.5 Å². The third-order valence-corrected chi connectivity index (χ3v) is 6.60. The predicted molar refractivity (Wildman–Crippen MR) is 158 cm³/mol. The first kappa shape index (κ1) is 28.0. The molecule has 0 aliphatic carbocycles. The van der Waals surface area contributed by atoms with E-state index in [1.54, 1.807) is 54.7 Å². The SMILES string of the molecule is Fc1ccccc1-c1cc(Cl)n2ncc(C=C(Br)Br)c2n1.O=Cc1cnn2c(Cl)cc(-c3ccccc3F)nc12. The minimum absolute atomic E-state index is 0.261. The van der Waals surface area contributed by atoms with E-state index >= 15 is 0 Å². The van der Waals surface area contributed by atoms with Crippen molar-refractivity contribution >= 4 is 78.7 Å². The van der Waals surface area contributed by atoms with Crippen molar-refractivity contribution in [2.24, 2.45) is 0 Å². The second-order valence-corrected chi connectivity index (χ2v) is 11.7.